The lowest BCUT2D eigenvalue weighted by atomic mass is 10.2. The summed E-state index contributed by atoms with van der Waals surface area (Å²) in [6.45, 7) is 2.31. The van der Waals surface area contributed by atoms with Gasteiger partial charge in [-0.1, -0.05) is 30.3 Å². The summed E-state index contributed by atoms with van der Waals surface area (Å²) in [4.78, 5) is 22.9. The number of benzene rings is 2. The molecule has 0 bridgehead atoms. The van der Waals surface area contributed by atoms with Crippen LogP contribution in [0.4, 0.5) is 5.69 Å². The molecule has 1 aliphatic rings. The molecule has 1 amide bonds. The van der Waals surface area contributed by atoms with Crippen LogP contribution in [0.5, 0.6) is 0 Å². The molecule has 8 heteroatoms. The number of aliphatic imine (C=N–C) groups is 1. The number of para-hydroxylation sites is 3. The summed E-state index contributed by atoms with van der Waals surface area (Å²) in [5.74, 6) is 0.865. The SMILES string of the molecule is CN=C(NCCCn1cnc2ccccc21)NC1CC(=O)N(c2ccccc2)C1.I. The first-order valence-electron chi connectivity index (χ1n) is 9.97. The molecule has 1 atom stereocenters. The van der Waals surface area contributed by atoms with E-state index in [1.165, 1.54) is 0 Å². The highest BCUT2D eigenvalue weighted by Gasteiger charge is 2.30. The van der Waals surface area contributed by atoms with Crippen LogP contribution >= 0.6 is 24.0 Å². The summed E-state index contributed by atoms with van der Waals surface area (Å²) in [5.41, 5.74) is 3.12. The molecule has 2 aromatic carbocycles. The molecule has 0 saturated carbocycles. The highest BCUT2D eigenvalue weighted by Crippen LogP contribution is 2.20. The Morgan fingerprint density at radius 1 is 1.17 bits per heavy atom. The Morgan fingerprint density at radius 3 is 2.73 bits per heavy atom. The van der Waals surface area contributed by atoms with Crippen LogP contribution in [0.3, 0.4) is 0 Å². The molecule has 0 aliphatic carbocycles. The Labute approximate surface area is 193 Å². The Morgan fingerprint density at radius 2 is 1.93 bits per heavy atom. The number of hydrogen-bond donors (Lipinski definition) is 2. The lowest BCUT2D eigenvalue weighted by Gasteiger charge is -2.19. The van der Waals surface area contributed by atoms with Crippen molar-refractivity contribution in [2.75, 3.05) is 25.0 Å². The molecule has 1 aromatic heterocycles. The number of rotatable bonds is 6. The third kappa shape index (κ3) is 5.10. The number of hydrogen-bond acceptors (Lipinski definition) is 3. The third-order valence-corrected chi connectivity index (χ3v) is 5.15. The van der Waals surface area contributed by atoms with E-state index in [-0.39, 0.29) is 35.9 Å². The highest BCUT2D eigenvalue weighted by atomic mass is 127. The van der Waals surface area contributed by atoms with Crippen LogP contribution in [0.25, 0.3) is 11.0 Å². The van der Waals surface area contributed by atoms with E-state index in [4.69, 9.17) is 0 Å². The minimum Gasteiger partial charge on any atom is -0.356 e. The predicted molar refractivity (Wildman–Crippen MR) is 131 cm³/mol. The maximum absolute atomic E-state index is 12.4. The lowest BCUT2D eigenvalue weighted by molar-refractivity contribution is -0.117. The molecule has 3 aromatic rings. The van der Waals surface area contributed by atoms with Crippen LogP contribution in [0.1, 0.15) is 12.8 Å². The van der Waals surface area contributed by atoms with Crippen molar-refractivity contribution in [2.45, 2.75) is 25.4 Å². The number of carbonyl (C=O) groups is 1. The van der Waals surface area contributed by atoms with E-state index >= 15 is 0 Å². The standard InChI is InChI=1S/C22H26N6O.HI/c1-23-22(24-12-7-13-27-16-25-19-10-5-6-11-20(19)27)26-17-14-21(29)28(15-17)18-8-3-2-4-9-18;/h2-6,8-11,16-17H,7,12-15H2,1H3,(H2,23,24,26);1H. The van der Waals surface area contributed by atoms with Crippen LogP contribution in [-0.4, -0.2) is 47.6 Å². The number of nitrogens with zero attached hydrogens (tertiary/aromatic N) is 4. The van der Waals surface area contributed by atoms with Crippen molar-refractivity contribution < 1.29 is 4.79 Å². The van der Waals surface area contributed by atoms with Crippen molar-refractivity contribution in [3.63, 3.8) is 0 Å². The first-order valence-corrected chi connectivity index (χ1v) is 9.97. The van der Waals surface area contributed by atoms with Gasteiger partial charge in [0, 0.05) is 38.8 Å². The van der Waals surface area contributed by atoms with Gasteiger partial charge in [0.15, 0.2) is 5.96 Å². The zero-order valence-corrected chi connectivity index (χ0v) is 19.3. The summed E-state index contributed by atoms with van der Waals surface area (Å²) < 4.78 is 2.17. The van der Waals surface area contributed by atoms with Crippen molar-refractivity contribution in [3.8, 4) is 0 Å². The van der Waals surface area contributed by atoms with Gasteiger partial charge in [-0.2, -0.15) is 0 Å². The molecule has 1 aliphatic heterocycles. The molecule has 2 heterocycles. The molecule has 1 saturated heterocycles. The van der Waals surface area contributed by atoms with Crippen LogP contribution in [0.2, 0.25) is 0 Å². The number of guanidine groups is 1. The second-order valence-corrected chi connectivity index (χ2v) is 7.16. The average Bonchev–Trinajstić information content (AvgIpc) is 3.34. The summed E-state index contributed by atoms with van der Waals surface area (Å²) >= 11 is 0. The van der Waals surface area contributed by atoms with Gasteiger partial charge in [0.1, 0.15) is 0 Å². The van der Waals surface area contributed by atoms with Crippen molar-refractivity contribution in [1.29, 1.82) is 0 Å². The van der Waals surface area contributed by atoms with E-state index in [9.17, 15) is 4.79 Å². The molecule has 30 heavy (non-hydrogen) atoms. The summed E-state index contributed by atoms with van der Waals surface area (Å²) in [6, 6.07) is 18.0. The Hall–Kier alpha value is -2.62. The predicted octanol–water partition coefficient (Wildman–Crippen LogP) is 3.01. The molecule has 4 rings (SSSR count). The van der Waals surface area contributed by atoms with Gasteiger partial charge in [0.25, 0.3) is 0 Å². The molecule has 0 radical (unpaired) electrons. The largest absolute Gasteiger partial charge is 0.356 e. The van der Waals surface area contributed by atoms with Crippen LogP contribution in [0.15, 0.2) is 65.9 Å². The van der Waals surface area contributed by atoms with Gasteiger partial charge in [-0.25, -0.2) is 4.98 Å². The van der Waals surface area contributed by atoms with Crippen molar-refractivity contribution >= 4 is 52.6 Å². The molecule has 1 unspecified atom stereocenters. The normalized spacial score (nSPS) is 16.6. The summed E-state index contributed by atoms with van der Waals surface area (Å²) in [6.07, 6.45) is 3.30. The third-order valence-electron chi connectivity index (χ3n) is 5.15. The number of aryl methyl sites for hydroxylation is 1. The van der Waals surface area contributed by atoms with Gasteiger partial charge in [-0.05, 0) is 30.7 Å². The minimum absolute atomic E-state index is 0. The number of nitrogens with one attached hydrogen (secondary N) is 2. The number of amides is 1. The molecular formula is C22H27IN6O. The smallest absolute Gasteiger partial charge is 0.229 e. The van der Waals surface area contributed by atoms with E-state index in [0.29, 0.717) is 13.0 Å². The molecule has 2 N–H and O–H groups in total. The number of anilines is 1. The van der Waals surface area contributed by atoms with Crippen LogP contribution in [-0.2, 0) is 11.3 Å². The van der Waals surface area contributed by atoms with E-state index < -0.39 is 0 Å². The Bertz CT molecular complexity index is 1000. The molecule has 7 nitrogen and oxygen atoms in total. The first kappa shape index (κ1) is 22.1. The second-order valence-electron chi connectivity index (χ2n) is 7.16. The first-order chi connectivity index (χ1) is 14.2. The molecule has 0 spiro atoms. The number of imidazole rings is 1. The highest BCUT2D eigenvalue weighted by molar-refractivity contribution is 14.0. The number of aromatic nitrogens is 2. The van der Waals surface area contributed by atoms with Crippen LogP contribution < -0.4 is 15.5 Å². The second kappa shape index (κ2) is 10.4. The zero-order chi connectivity index (χ0) is 20.1. The van der Waals surface area contributed by atoms with E-state index in [1.807, 2.05) is 59.8 Å². The molecular weight excluding hydrogens is 491 g/mol. The quantitative estimate of drug-likeness (QED) is 0.228. The van der Waals surface area contributed by atoms with Gasteiger partial charge in [-0.15, -0.1) is 24.0 Å². The fourth-order valence-corrected chi connectivity index (χ4v) is 3.69. The fraction of sp³-hybridized carbons (Fsp3) is 0.318. The Balaban J connectivity index is 0.00000256. The maximum Gasteiger partial charge on any atom is 0.229 e. The number of carbonyl (C=O) groups excluding carboxylic acids is 1. The van der Waals surface area contributed by atoms with Gasteiger partial charge in [0.2, 0.25) is 5.91 Å². The topological polar surface area (TPSA) is 74.5 Å². The zero-order valence-electron chi connectivity index (χ0n) is 17.0. The van der Waals surface area contributed by atoms with Crippen molar-refractivity contribution in [2.24, 2.45) is 4.99 Å². The van der Waals surface area contributed by atoms with E-state index in [0.717, 1.165) is 42.2 Å². The van der Waals surface area contributed by atoms with E-state index in [1.54, 1.807) is 7.05 Å². The van der Waals surface area contributed by atoms with Crippen molar-refractivity contribution in [3.05, 3.63) is 60.9 Å². The lowest BCUT2D eigenvalue weighted by Crippen LogP contribution is -2.45. The molecule has 158 valence electrons. The van der Waals surface area contributed by atoms with Crippen LogP contribution in [0, 0.1) is 0 Å². The van der Waals surface area contributed by atoms with Crippen molar-refractivity contribution in [1.82, 2.24) is 20.2 Å². The molecule has 1 fully saturated rings. The summed E-state index contributed by atoms with van der Waals surface area (Å²) in [5, 5.41) is 6.73. The Kier molecular flexibility index (Phi) is 7.67. The van der Waals surface area contributed by atoms with Gasteiger partial charge < -0.3 is 20.1 Å². The van der Waals surface area contributed by atoms with Gasteiger partial charge >= 0.3 is 0 Å². The average molecular weight is 518 g/mol. The monoisotopic (exact) mass is 518 g/mol. The summed E-state index contributed by atoms with van der Waals surface area (Å²) in [7, 11) is 1.75. The fourth-order valence-electron chi connectivity index (χ4n) is 3.69. The maximum atomic E-state index is 12.4. The van der Waals surface area contributed by atoms with Gasteiger partial charge in [0.05, 0.1) is 23.4 Å². The minimum atomic E-state index is 0. The van der Waals surface area contributed by atoms with E-state index in [2.05, 4.69) is 31.2 Å². The van der Waals surface area contributed by atoms with Gasteiger partial charge in [-0.3, -0.25) is 9.79 Å². The number of fused-ring (bicyclic) bond motifs is 1. The number of halogens is 1.